The molecule has 7 nitrogen and oxygen atoms in total. The molecule has 0 radical (unpaired) electrons. The number of halogens is 1. The number of fused-ring (bicyclic) bond motifs is 1. The molecule has 0 saturated carbocycles. The minimum atomic E-state index is 0. The van der Waals surface area contributed by atoms with Crippen LogP contribution in [0.15, 0.2) is 35.3 Å². The molecule has 4 rings (SSSR count). The number of nitrogens with zero attached hydrogens (tertiary/aromatic N) is 5. The summed E-state index contributed by atoms with van der Waals surface area (Å²) in [5.74, 6) is 3.14. The van der Waals surface area contributed by atoms with Crippen LogP contribution in [0.3, 0.4) is 0 Å². The second-order valence-electron chi connectivity index (χ2n) is 8.56. The first-order valence-corrected chi connectivity index (χ1v) is 12.1. The Hall–Kier alpha value is -1.68. The van der Waals surface area contributed by atoms with Crippen LogP contribution in [0, 0.1) is 0 Å². The van der Waals surface area contributed by atoms with Crippen LogP contribution in [0.4, 0.5) is 0 Å². The van der Waals surface area contributed by atoms with Crippen molar-refractivity contribution in [2.24, 2.45) is 4.99 Å². The molecule has 1 fully saturated rings. The molecule has 1 atom stereocenters. The molecule has 2 aliphatic heterocycles. The normalized spacial score (nSPS) is 17.8. The summed E-state index contributed by atoms with van der Waals surface area (Å²) in [6.45, 7) is 7.93. The maximum absolute atomic E-state index is 4.97. The van der Waals surface area contributed by atoms with Gasteiger partial charge in [0.25, 0.3) is 0 Å². The standard InChI is InChI=1S/C24H37N7.HI/c1-2-25-24(26-15-14-23-29-28-22-13-7-4-8-18-31(22)23)27-19-21(30-16-9-10-17-30)20-11-5-3-6-12-20;/h3,5-6,11-12,21H,2,4,7-10,13-19H2,1H3,(H2,25,26,27);1H. The second kappa shape index (κ2) is 13.1. The Morgan fingerprint density at radius 3 is 2.56 bits per heavy atom. The van der Waals surface area contributed by atoms with Gasteiger partial charge in [0, 0.05) is 32.5 Å². The van der Waals surface area contributed by atoms with Crippen LogP contribution in [0.25, 0.3) is 0 Å². The van der Waals surface area contributed by atoms with Gasteiger partial charge in [-0.15, -0.1) is 34.2 Å². The molecule has 176 valence electrons. The highest BCUT2D eigenvalue weighted by Crippen LogP contribution is 2.25. The predicted octanol–water partition coefficient (Wildman–Crippen LogP) is 3.56. The van der Waals surface area contributed by atoms with E-state index in [1.54, 1.807) is 0 Å². The zero-order valence-electron chi connectivity index (χ0n) is 19.3. The topological polar surface area (TPSA) is 70.4 Å². The molecule has 0 aliphatic carbocycles. The summed E-state index contributed by atoms with van der Waals surface area (Å²) in [7, 11) is 0. The van der Waals surface area contributed by atoms with Gasteiger partial charge in [0.15, 0.2) is 5.96 Å². The van der Waals surface area contributed by atoms with Crippen molar-refractivity contribution < 1.29 is 0 Å². The molecule has 3 heterocycles. The first kappa shape index (κ1) is 25.0. The monoisotopic (exact) mass is 551 g/mol. The van der Waals surface area contributed by atoms with Crippen LogP contribution in [0.2, 0.25) is 0 Å². The number of nitrogens with one attached hydrogen (secondary N) is 2. The first-order chi connectivity index (χ1) is 15.3. The molecule has 0 bridgehead atoms. The van der Waals surface area contributed by atoms with E-state index in [4.69, 9.17) is 4.99 Å². The molecule has 2 aliphatic rings. The molecule has 0 spiro atoms. The van der Waals surface area contributed by atoms with Crippen LogP contribution >= 0.6 is 24.0 Å². The Bertz CT molecular complexity index is 830. The zero-order valence-corrected chi connectivity index (χ0v) is 21.6. The van der Waals surface area contributed by atoms with E-state index in [-0.39, 0.29) is 24.0 Å². The maximum atomic E-state index is 4.97. The molecule has 1 unspecified atom stereocenters. The Labute approximate surface area is 209 Å². The zero-order chi connectivity index (χ0) is 21.3. The fourth-order valence-corrected chi connectivity index (χ4v) is 4.70. The SMILES string of the molecule is CCNC(=NCC(c1ccccc1)N1CCCC1)NCCc1nnc2n1CCCCC2.I. The Morgan fingerprint density at radius 2 is 1.78 bits per heavy atom. The van der Waals surface area contributed by atoms with Crippen molar-refractivity contribution in [1.82, 2.24) is 30.3 Å². The van der Waals surface area contributed by atoms with Crippen molar-refractivity contribution in [2.45, 2.75) is 64.5 Å². The van der Waals surface area contributed by atoms with Gasteiger partial charge >= 0.3 is 0 Å². The van der Waals surface area contributed by atoms with E-state index < -0.39 is 0 Å². The lowest BCUT2D eigenvalue weighted by Crippen LogP contribution is -2.39. The minimum absolute atomic E-state index is 0. The third kappa shape index (κ3) is 6.66. The van der Waals surface area contributed by atoms with Crippen LogP contribution in [0.5, 0.6) is 0 Å². The summed E-state index contributed by atoms with van der Waals surface area (Å²) in [4.78, 5) is 7.54. The Morgan fingerprint density at radius 1 is 1.00 bits per heavy atom. The Balaban J connectivity index is 0.00000289. The van der Waals surface area contributed by atoms with Crippen molar-refractivity contribution in [2.75, 3.05) is 32.7 Å². The lowest BCUT2D eigenvalue weighted by atomic mass is 10.1. The number of rotatable bonds is 8. The summed E-state index contributed by atoms with van der Waals surface area (Å²) in [6.07, 6.45) is 8.24. The number of guanidine groups is 1. The first-order valence-electron chi connectivity index (χ1n) is 12.1. The van der Waals surface area contributed by atoms with E-state index in [2.05, 4.69) is 67.6 Å². The van der Waals surface area contributed by atoms with Crippen molar-refractivity contribution >= 4 is 29.9 Å². The molecule has 32 heavy (non-hydrogen) atoms. The van der Waals surface area contributed by atoms with Gasteiger partial charge in [0.2, 0.25) is 0 Å². The molecule has 1 aromatic heterocycles. The molecule has 8 heteroatoms. The van der Waals surface area contributed by atoms with E-state index in [1.807, 2.05) is 0 Å². The van der Waals surface area contributed by atoms with Gasteiger partial charge < -0.3 is 15.2 Å². The van der Waals surface area contributed by atoms with E-state index in [0.29, 0.717) is 6.04 Å². The average Bonchev–Trinajstić information content (AvgIpc) is 3.40. The molecular weight excluding hydrogens is 513 g/mol. The minimum Gasteiger partial charge on any atom is -0.357 e. The smallest absolute Gasteiger partial charge is 0.191 e. The fourth-order valence-electron chi connectivity index (χ4n) is 4.70. The van der Waals surface area contributed by atoms with E-state index >= 15 is 0 Å². The highest BCUT2D eigenvalue weighted by molar-refractivity contribution is 14.0. The molecule has 2 N–H and O–H groups in total. The van der Waals surface area contributed by atoms with E-state index in [9.17, 15) is 0 Å². The molecule has 1 saturated heterocycles. The third-order valence-corrected chi connectivity index (χ3v) is 6.36. The van der Waals surface area contributed by atoms with E-state index in [0.717, 1.165) is 69.7 Å². The number of hydrogen-bond donors (Lipinski definition) is 2. The number of aromatic nitrogens is 3. The van der Waals surface area contributed by atoms with Gasteiger partial charge in [-0.2, -0.15) is 0 Å². The summed E-state index contributed by atoms with van der Waals surface area (Å²) < 4.78 is 2.33. The summed E-state index contributed by atoms with van der Waals surface area (Å²) in [5.41, 5.74) is 1.36. The number of aryl methyl sites for hydroxylation is 1. The number of hydrogen-bond acceptors (Lipinski definition) is 4. The lowest BCUT2D eigenvalue weighted by molar-refractivity contribution is 0.251. The average molecular weight is 552 g/mol. The number of benzene rings is 1. The largest absolute Gasteiger partial charge is 0.357 e. The van der Waals surface area contributed by atoms with Crippen molar-refractivity contribution in [1.29, 1.82) is 0 Å². The summed E-state index contributed by atoms with van der Waals surface area (Å²) in [6, 6.07) is 11.2. The summed E-state index contributed by atoms with van der Waals surface area (Å²) in [5, 5.41) is 15.8. The molecular formula is C24H38IN7. The van der Waals surface area contributed by atoms with Gasteiger partial charge in [-0.1, -0.05) is 36.8 Å². The molecule has 0 amide bonds. The van der Waals surface area contributed by atoms with Gasteiger partial charge in [0.05, 0.1) is 12.6 Å². The fraction of sp³-hybridized carbons (Fsp3) is 0.625. The molecule has 2 aromatic rings. The molecule has 1 aromatic carbocycles. The van der Waals surface area contributed by atoms with Gasteiger partial charge in [-0.3, -0.25) is 9.89 Å². The lowest BCUT2D eigenvalue weighted by Gasteiger charge is -2.27. The maximum Gasteiger partial charge on any atom is 0.191 e. The van der Waals surface area contributed by atoms with Gasteiger partial charge in [-0.05, 0) is 51.3 Å². The van der Waals surface area contributed by atoms with Crippen molar-refractivity contribution in [3.05, 3.63) is 47.5 Å². The quantitative estimate of drug-likeness (QED) is 0.299. The van der Waals surface area contributed by atoms with Crippen molar-refractivity contribution in [3.63, 3.8) is 0 Å². The van der Waals surface area contributed by atoms with Crippen LogP contribution in [-0.4, -0.2) is 58.3 Å². The number of likely N-dealkylation sites (tertiary alicyclic amines) is 1. The van der Waals surface area contributed by atoms with Gasteiger partial charge in [-0.25, -0.2) is 0 Å². The van der Waals surface area contributed by atoms with Crippen LogP contribution in [-0.2, 0) is 19.4 Å². The second-order valence-corrected chi connectivity index (χ2v) is 8.56. The highest BCUT2D eigenvalue weighted by atomic mass is 127. The predicted molar refractivity (Wildman–Crippen MR) is 141 cm³/mol. The Kier molecular flexibility index (Phi) is 10.2. The van der Waals surface area contributed by atoms with Crippen molar-refractivity contribution in [3.8, 4) is 0 Å². The highest BCUT2D eigenvalue weighted by Gasteiger charge is 2.23. The summed E-state index contributed by atoms with van der Waals surface area (Å²) >= 11 is 0. The number of aliphatic imine (C=N–C) groups is 1. The van der Waals surface area contributed by atoms with Crippen LogP contribution < -0.4 is 10.6 Å². The van der Waals surface area contributed by atoms with E-state index in [1.165, 1.54) is 37.7 Å². The third-order valence-electron chi connectivity index (χ3n) is 6.36. The van der Waals surface area contributed by atoms with Gasteiger partial charge in [0.1, 0.15) is 11.6 Å². The van der Waals surface area contributed by atoms with Crippen LogP contribution in [0.1, 0.15) is 62.3 Å².